The first-order valence-corrected chi connectivity index (χ1v) is 5.66. The average molecular weight is 148 g/mol. The molecule has 54 valence electrons. The van der Waals surface area contributed by atoms with Gasteiger partial charge in [-0.1, -0.05) is 0 Å². The Labute approximate surface area is 56.0 Å². The van der Waals surface area contributed by atoms with Crippen LogP contribution in [0.2, 0.25) is 12.6 Å². The van der Waals surface area contributed by atoms with Crippen LogP contribution in [-0.4, -0.2) is 31.6 Å². The van der Waals surface area contributed by atoms with E-state index in [1.807, 2.05) is 6.55 Å². The van der Waals surface area contributed by atoms with Gasteiger partial charge in [0.15, 0.2) is 15.3 Å². The van der Waals surface area contributed by atoms with Crippen LogP contribution in [0, 0.1) is 0 Å². The number of hydrogen-bond donors (Lipinski definition) is 2. The molecule has 1 fully saturated rings. The van der Waals surface area contributed by atoms with Crippen molar-refractivity contribution >= 4 is 9.04 Å². The minimum absolute atomic E-state index is 0.645. The van der Waals surface area contributed by atoms with E-state index in [0.29, 0.717) is 6.42 Å². The van der Waals surface area contributed by atoms with Crippen molar-refractivity contribution in [2.75, 3.05) is 0 Å². The predicted octanol–water partition coefficient (Wildman–Crippen LogP) is -0.560. The summed E-state index contributed by atoms with van der Waals surface area (Å²) in [6.07, 6.45) is -0.844. The summed E-state index contributed by atoms with van der Waals surface area (Å²) in [5, 5.41) is 17.9. The Hall–Kier alpha value is 0.0969. The summed E-state index contributed by atoms with van der Waals surface area (Å²) in [6, 6.07) is 0.970. The second-order valence-electron chi connectivity index (χ2n) is 2.48. The summed E-state index contributed by atoms with van der Waals surface area (Å²) in [6.45, 7) is 2.02. The van der Waals surface area contributed by atoms with Crippen molar-refractivity contribution in [1.82, 2.24) is 0 Å². The highest BCUT2D eigenvalue weighted by Gasteiger charge is 2.25. The summed E-state index contributed by atoms with van der Waals surface area (Å²) in [5.41, 5.74) is 0. The molecule has 0 amide bonds. The van der Waals surface area contributed by atoms with E-state index in [1.54, 1.807) is 0 Å². The van der Waals surface area contributed by atoms with Crippen molar-refractivity contribution in [3.63, 3.8) is 0 Å². The summed E-state index contributed by atoms with van der Waals surface area (Å²) >= 11 is 0. The maximum atomic E-state index is 8.94. The average Bonchev–Trinajstić information content (AvgIpc) is 1.80. The molecule has 1 aliphatic rings. The van der Waals surface area contributed by atoms with Crippen molar-refractivity contribution < 1.29 is 14.6 Å². The quantitative estimate of drug-likeness (QED) is 0.453. The number of aliphatic hydroxyl groups excluding tert-OH is 2. The molecule has 3 nitrogen and oxygen atoms in total. The molecular weight excluding hydrogens is 136 g/mol. The fourth-order valence-corrected chi connectivity index (χ4v) is 2.55. The normalized spacial score (nSPS) is 45.0. The molecule has 0 aromatic carbocycles. The van der Waals surface area contributed by atoms with Crippen molar-refractivity contribution in [1.29, 1.82) is 0 Å². The Kier molecular flexibility index (Phi) is 2.23. The molecule has 3 unspecified atom stereocenters. The molecule has 1 heterocycles. The van der Waals surface area contributed by atoms with Crippen LogP contribution in [0.1, 0.15) is 6.42 Å². The third-order valence-corrected chi connectivity index (χ3v) is 3.46. The standard InChI is InChI=1S/C5H12O3Si/c1-9-3-2-4(6)5(7)8-9/h4-7,9H,2-3H2,1H3. The van der Waals surface area contributed by atoms with Crippen LogP contribution in [0.25, 0.3) is 0 Å². The van der Waals surface area contributed by atoms with E-state index in [2.05, 4.69) is 0 Å². The maximum absolute atomic E-state index is 8.94. The second kappa shape index (κ2) is 2.79. The maximum Gasteiger partial charge on any atom is 0.177 e. The third kappa shape index (κ3) is 1.75. The van der Waals surface area contributed by atoms with Gasteiger partial charge in [-0.2, -0.15) is 0 Å². The van der Waals surface area contributed by atoms with E-state index >= 15 is 0 Å². The molecule has 0 aromatic heterocycles. The SMILES string of the molecule is C[SiH]1CCC(O)C(O)O1. The first-order valence-electron chi connectivity index (χ1n) is 3.21. The van der Waals surface area contributed by atoms with Gasteiger partial charge in [-0.15, -0.1) is 0 Å². The van der Waals surface area contributed by atoms with Crippen LogP contribution in [0.15, 0.2) is 0 Å². The Bertz CT molecular complexity index is 98.2. The zero-order valence-corrected chi connectivity index (χ0v) is 6.60. The van der Waals surface area contributed by atoms with Gasteiger partial charge < -0.3 is 14.6 Å². The molecule has 2 N–H and O–H groups in total. The van der Waals surface area contributed by atoms with Crippen molar-refractivity contribution in [2.45, 2.75) is 31.4 Å². The van der Waals surface area contributed by atoms with Crippen molar-refractivity contribution in [3.8, 4) is 0 Å². The first-order chi connectivity index (χ1) is 4.20. The molecule has 9 heavy (non-hydrogen) atoms. The summed E-state index contributed by atoms with van der Waals surface area (Å²) < 4.78 is 5.04. The lowest BCUT2D eigenvalue weighted by Crippen LogP contribution is -2.39. The molecule has 1 aliphatic heterocycles. The number of rotatable bonds is 0. The molecule has 0 radical (unpaired) electrons. The van der Waals surface area contributed by atoms with E-state index in [1.165, 1.54) is 0 Å². The lowest BCUT2D eigenvalue weighted by atomic mass is 10.3. The lowest BCUT2D eigenvalue weighted by Gasteiger charge is -2.27. The van der Waals surface area contributed by atoms with Gasteiger partial charge in [0.1, 0.15) is 6.10 Å². The lowest BCUT2D eigenvalue weighted by molar-refractivity contribution is -0.117. The molecule has 1 rings (SSSR count). The van der Waals surface area contributed by atoms with Gasteiger partial charge in [-0.3, -0.25) is 0 Å². The third-order valence-electron chi connectivity index (χ3n) is 1.57. The zero-order valence-electron chi connectivity index (χ0n) is 5.45. The van der Waals surface area contributed by atoms with Gasteiger partial charge in [-0.25, -0.2) is 0 Å². The van der Waals surface area contributed by atoms with Gasteiger partial charge in [0.2, 0.25) is 0 Å². The highest BCUT2D eigenvalue weighted by Crippen LogP contribution is 2.15. The topological polar surface area (TPSA) is 49.7 Å². The van der Waals surface area contributed by atoms with Crippen molar-refractivity contribution in [2.24, 2.45) is 0 Å². The smallest absolute Gasteiger partial charge is 0.177 e. The number of hydrogen-bond acceptors (Lipinski definition) is 3. The van der Waals surface area contributed by atoms with Gasteiger partial charge in [0.05, 0.1) is 0 Å². The summed E-state index contributed by atoms with van der Waals surface area (Å²) in [4.78, 5) is 0. The highest BCUT2D eigenvalue weighted by atomic mass is 28.3. The Morgan fingerprint density at radius 1 is 1.56 bits per heavy atom. The fraction of sp³-hybridized carbons (Fsp3) is 1.00. The van der Waals surface area contributed by atoms with Gasteiger partial charge >= 0.3 is 0 Å². The molecular formula is C5H12O3Si. The molecule has 0 aliphatic carbocycles. The monoisotopic (exact) mass is 148 g/mol. The first kappa shape index (κ1) is 7.21. The predicted molar refractivity (Wildman–Crippen MR) is 35.5 cm³/mol. The van der Waals surface area contributed by atoms with Crippen LogP contribution in [0.5, 0.6) is 0 Å². The number of aliphatic hydroxyl groups is 2. The largest absolute Gasteiger partial charge is 0.394 e. The molecule has 4 heteroatoms. The fourth-order valence-electron chi connectivity index (χ4n) is 0.945. The van der Waals surface area contributed by atoms with E-state index < -0.39 is 21.4 Å². The highest BCUT2D eigenvalue weighted by molar-refractivity contribution is 6.50. The summed E-state index contributed by atoms with van der Waals surface area (Å²) in [5.74, 6) is 0. The van der Waals surface area contributed by atoms with Gasteiger partial charge in [-0.05, 0) is 19.0 Å². The molecule has 1 saturated heterocycles. The van der Waals surface area contributed by atoms with E-state index in [-0.39, 0.29) is 0 Å². The minimum Gasteiger partial charge on any atom is -0.394 e. The van der Waals surface area contributed by atoms with Gasteiger partial charge in [0, 0.05) is 0 Å². The zero-order chi connectivity index (χ0) is 6.85. The molecule has 3 atom stereocenters. The Morgan fingerprint density at radius 3 is 2.67 bits per heavy atom. The van der Waals surface area contributed by atoms with E-state index in [9.17, 15) is 0 Å². The van der Waals surface area contributed by atoms with E-state index in [4.69, 9.17) is 14.6 Å². The van der Waals surface area contributed by atoms with E-state index in [0.717, 1.165) is 6.04 Å². The molecule has 0 saturated carbocycles. The molecule has 0 aromatic rings. The minimum atomic E-state index is -1.10. The Balaban J connectivity index is 2.35. The van der Waals surface area contributed by atoms with Crippen LogP contribution in [0.3, 0.4) is 0 Å². The molecule has 0 spiro atoms. The van der Waals surface area contributed by atoms with Crippen LogP contribution < -0.4 is 0 Å². The van der Waals surface area contributed by atoms with Crippen LogP contribution in [-0.2, 0) is 4.43 Å². The summed E-state index contributed by atoms with van der Waals surface area (Å²) in [7, 11) is -1.10. The van der Waals surface area contributed by atoms with Crippen LogP contribution >= 0.6 is 0 Å². The van der Waals surface area contributed by atoms with Gasteiger partial charge in [0.25, 0.3) is 0 Å². The van der Waals surface area contributed by atoms with Crippen molar-refractivity contribution in [3.05, 3.63) is 0 Å². The van der Waals surface area contributed by atoms with Crippen LogP contribution in [0.4, 0.5) is 0 Å². The Morgan fingerprint density at radius 2 is 2.22 bits per heavy atom. The molecule has 0 bridgehead atoms. The second-order valence-corrected chi connectivity index (χ2v) is 4.95.